The second-order valence-corrected chi connectivity index (χ2v) is 10.5. The molecule has 2 aromatic rings. The van der Waals surface area contributed by atoms with Crippen LogP contribution in [0.25, 0.3) is 0 Å². The maximum atomic E-state index is 12.8. The van der Waals surface area contributed by atoms with Crippen molar-refractivity contribution >= 4 is 5.91 Å². The Labute approximate surface area is 180 Å². The number of piperidine rings is 1. The predicted octanol–water partition coefficient (Wildman–Crippen LogP) is 4.45. The number of hydrogen-bond acceptors (Lipinski definition) is 3. The van der Waals surface area contributed by atoms with Crippen LogP contribution in [0.5, 0.6) is 0 Å². The molecule has 1 N–H and O–H groups in total. The van der Waals surface area contributed by atoms with Gasteiger partial charge >= 0.3 is 0 Å². The molecule has 2 aliphatic rings. The molecule has 162 valence electrons. The fraction of sp³-hybridized carbons (Fsp3) is 0.600. The van der Waals surface area contributed by atoms with Crippen molar-refractivity contribution in [1.82, 2.24) is 19.8 Å². The second-order valence-electron chi connectivity index (χ2n) is 10.5. The summed E-state index contributed by atoms with van der Waals surface area (Å²) in [5, 5.41) is 3.28. The minimum Gasteiger partial charge on any atom is -0.344 e. The molecule has 1 aromatic carbocycles. The van der Waals surface area contributed by atoms with Crippen LogP contribution in [-0.4, -0.2) is 40.0 Å². The van der Waals surface area contributed by atoms with Crippen molar-refractivity contribution in [2.75, 3.05) is 19.6 Å². The highest BCUT2D eigenvalue weighted by molar-refractivity contribution is 5.92. The van der Waals surface area contributed by atoms with Gasteiger partial charge in [0.2, 0.25) is 0 Å². The number of aryl methyl sites for hydroxylation is 1. The largest absolute Gasteiger partial charge is 0.344 e. The maximum Gasteiger partial charge on any atom is 0.270 e. The molecule has 1 aromatic heterocycles. The van der Waals surface area contributed by atoms with Crippen molar-refractivity contribution in [3.05, 3.63) is 53.6 Å². The van der Waals surface area contributed by atoms with Crippen LogP contribution in [0.1, 0.15) is 80.5 Å². The molecule has 5 nitrogen and oxygen atoms in total. The molecule has 1 atom stereocenters. The summed E-state index contributed by atoms with van der Waals surface area (Å²) in [6, 6.07) is 8.88. The van der Waals surface area contributed by atoms with E-state index in [1.807, 2.05) is 7.05 Å². The van der Waals surface area contributed by atoms with Gasteiger partial charge in [0.15, 0.2) is 0 Å². The number of nitrogens with one attached hydrogen (secondary N) is 1. The van der Waals surface area contributed by atoms with Crippen LogP contribution in [-0.2, 0) is 12.5 Å². The second kappa shape index (κ2) is 8.18. The molecule has 1 spiro atoms. The van der Waals surface area contributed by atoms with Gasteiger partial charge in [0.25, 0.3) is 5.91 Å². The van der Waals surface area contributed by atoms with E-state index in [1.54, 1.807) is 17.1 Å². The number of carbonyl (C=O) groups excluding carboxylic acids is 1. The molecule has 1 aliphatic heterocycles. The highest BCUT2D eigenvalue weighted by Crippen LogP contribution is 2.48. The fourth-order valence-corrected chi connectivity index (χ4v) is 5.17. The number of hydrogen-bond donors (Lipinski definition) is 1. The van der Waals surface area contributed by atoms with Gasteiger partial charge in [-0.15, -0.1) is 0 Å². The van der Waals surface area contributed by atoms with Crippen LogP contribution in [0.2, 0.25) is 0 Å². The average Bonchev–Trinajstić information content (AvgIpc) is 3.15. The van der Waals surface area contributed by atoms with Gasteiger partial charge in [-0.25, -0.2) is 4.98 Å². The molecular formula is C25H36N4O. The lowest BCUT2D eigenvalue weighted by Gasteiger charge is -2.47. The standard InChI is InChI=1S/C25H36N4O/c1-24(2,3)11-14-29-15-12-25(13-16-29)10-9-21(19-7-5-6-8-20(19)25)27-23(30)22-17-26-18-28(22)4/h5-8,17-18,21H,9-16H2,1-4H3,(H,27,30)/t21-/m1/s1. The van der Waals surface area contributed by atoms with Crippen LogP contribution < -0.4 is 5.32 Å². The summed E-state index contributed by atoms with van der Waals surface area (Å²) in [4.78, 5) is 19.5. The molecule has 0 radical (unpaired) electrons. The lowest BCUT2D eigenvalue weighted by atomic mass is 9.63. The first kappa shape index (κ1) is 21.1. The van der Waals surface area contributed by atoms with Crippen LogP contribution in [0, 0.1) is 5.41 Å². The van der Waals surface area contributed by atoms with E-state index in [-0.39, 0.29) is 17.4 Å². The Kier molecular flexibility index (Phi) is 5.75. The number of amides is 1. The van der Waals surface area contributed by atoms with Gasteiger partial charge in [-0.05, 0) is 73.7 Å². The maximum absolute atomic E-state index is 12.8. The van der Waals surface area contributed by atoms with E-state index in [9.17, 15) is 4.79 Å². The van der Waals surface area contributed by atoms with Gasteiger partial charge in [-0.2, -0.15) is 0 Å². The molecule has 1 aliphatic carbocycles. The van der Waals surface area contributed by atoms with Crippen LogP contribution >= 0.6 is 0 Å². The van der Waals surface area contributed by atoms with Gasteiger partial charge in [-0.3, -0.25) is 4.79 Å². The monoisotopic (exact) mass is 408 g/mol. The van der Waals surface area contributed by atoms with Gasteiger partial charge < -0.3 is 14.8 Å². The first-order chi connectivity index (χ1) is 14.3. The third kappa shape index (κ3) is 4.31. The number of aromatic nitrogens is 2. The Morgan fingerprint density at radius 2 is 1.93 bits per heavy atom. The lowest BCUT2D eigenvalue weighted by molar-refractivity contribution is 0.0906. The number of benzene rings is 1. The Balaban J connectivity index is 1.47. The quantitative estimate of drug-likeness (QED) is 0.813. The van der Waals surface area contributed by atoms with E-state index in [1.165, 1.54) is 50.0 Å². The van der Waals surface area contributed by atoms with Crippen molar-refractivity contribution in [1.29, 1.82) is 0 Å². The molecule has 1 saturated heterocycles. The number of likely N-dealkylation sites (tertiary alicyclic amines) is 1. The highest BCUT2D eigenvalue weighted by Gasteiger charge is 2.42. The van der Waals surface area contributed by atoms with Crippen LogP contribution in [0.3, 0.4) is 0 Å². The lowest BCUT2D eigenvalue weighted by Crippen LogP contribution is -2.46. The first-order valence-corrected chi connectivity index (χ1v) is 11.4. The molecule has 4 rings (SSSR count). The molecule has 1 fully saturated rings. The Hall–Kier alpha value is -2.14. The van der Waals surface area contributed by atoms with Gasteiger partial charge in [0, 0.05) is 7.05 Å². The predicted molar refractivity (Wildman–Crippen MR) is 121 cm³/mol. The number of imidazole rings is 1. The Bertz CT molecular complexity index is 887. The number of nitrogens with zero attached hydrogens (tertiary/aromatic N) is 3. The molecule has 0 saturated carbocycles. The Morgan fingerprint density at radius 3 is 2.60 bits per heavy atom. The smallest absolute Gasteiger partial charge is 0.270 e. The Morgan fingerprint density at radius 1 is 1.20 bits per heavy atom. The molecule has 0 bridgehead atoms. The number of fused-ring (bicyclic) bond motifs is 2. The van der Waals surface area contributed by atoms with E-state index >= 15 is 0 Å². The van der Waals surface area contributed by atoms with Crippen LogP contribution in [0.15, 0.2) is 36.8 Å². The summed E-state index contributed by atoms with van der Waals surface area (Å²) in [5.74, 6) is -0.0391. The zero-order chi connectivity index (χ0) is 21.4. The van der Waals surface area contributed by atoms with Gasteiger partial charge in [0.1, 0.15) is 5.69 Å². The van der Waals surface area contributed by atoms with Crippen molar-refractivity contribution in [2.24, 2.45) is 12.5 Å². The van der Waals surface area contributed by atoms with E-state index in [2.05, 4.69) is 60.2 Å². The number of rotatable bonds is 4. The van der Waals surface area contributed by atoms with E-state index in [0.717, 1.165) is 12.8 Å². The van der Waals surface area contributed by atoms with Crippen molar-refractivity contribution in [2.45, 2.75) is 64.3 Å². The SMILES string of the molecule is Cn1cncc1C(=O)N[C@@H]1CCC2(CCN(CCC(C)(C)C)CC2)c2ccccc21. The average molecular weight is 409 g/mol. The van der Waals surface area contributed by atoms with Crippen LogP contribution in [0.4, 0.5) is 0 Å². The van der Waals surface area contributed by atoms with Crippen molar-refractivity contribution < 1.29 is 4.79 Å². The van der Waals surface area contributed by atoms with E-state index < -0.39 is 0 Å². The minimum atomic E-state index is -0.0391. The summed E-state index contributed by atoms with van der Waals surface area (Å²) >= 11 is 0. The third-order valence-electron chi connectivity index (χ3n) is 7.16. The third-order valence-corrected chi connectivity index (χ3v) is 7.16. The summed E-state index contributed by atoms with van der Waals surface area (Å²) in [7, 11) is 1.86. The van der Waals surface area contributed by atoms with E-state index in [0.29, 0.717) is 11.1 Å². The highest BCUT2D eigenvalue weighted by atomic mass is 16.2. The molecule has 0 unspecified atom stereocenters. The summed E-state index contributed by atoms with van der Waals surface area (Å²) in [5.41, 5.74) is 4.04. The normalized spacial score (nSPS) is 21.4. The molecule has 2 heterocycles. The van der Waals surface area contributed by atoms with Crippen molar-refractivity contribution in [3.8, 4) is 0 Å². The fourth-order valence-electron chi connectivity index (χ4n) is 5.17. The topological polar surface area (TPSA) is 50.2 Å². The van der Waals surface area contributed by atoms with Crippen molar-refractivity contribution in [3.63, 3.8) is 0 Å². The number of carbonyl (C=O) groups is 1. The minimum absolute atomic E-state index is 0.0391. The summed E-state index contributed by atoms with van der Waals surface area (Å²) in [6.45, 7) is 10.5. The van der Waals surface area contributed by atoms with Gasteiger partial charge in [0.05, 0.1) is 18.6 Å². The van der Waals surface area contributed by atoms with E-state index in [4.69, 9.17) is 0 Å². The first-order valence-electron chi connectivity index (χ1n) is 11.4. The zero-order valence-corrected chi connectivity index (χ0v) is 18.9. The summed E-state index contributed by atoms with van der Waals surface area (Å²) in [6.07, 6.45) is 9.15. The summed E-state index contributed by atoms with van der Waals surface area (Å²) < 4.78 is 1.78. The zero-order valence-electron chi connectivity index (χ0n) is 18.9. The molecule has 5 heteroatoms. The molecule has 1 amide bonds. The van der Waals surface area contributed by atoms with Gasteiger partial charge in [-0.1, -0.05) is 45.0 Å². The molecular weight excluding hydrogens is 372 g/mol. The molecule has 30 heavy (non-hydrogen) atoms.